The number of rotatable bonds is 5. The molecule has 0 aliphatic carbocycles. The molecule has 2 rings (SSSR count). The van der Waals surface area contributed by atoms with E-state index in [2.05, 4.69) is 16.1 Å². The third kappa shape index (κ3) is 5.65. The minimum atomic E-state index is 0.358. The molecule has 120 valence electrons. The summed E-state index contributed by atoms with van der Waals surface area (Å²) >= 11 is 0. The number of anilines is 1. The molecule has 0 bridgehead atoms. The van der Waals surface area contributed by atoms with Crippen molar-refractivity contribution in [2.45, 2.75) is 13.5 Å². The Balaban J connectivity index is 0.000000593. The Morgan fingerprint density at radius 3 is 2.65 bits per heavy atom. The van der Waals surface area contributed by atoms with Crippen LogP contribution in [0.3, 0.4) is 0 Å². The zero-order chi connectivity index (χ0) is 17.1. The molecule has 0 radical (unpaired) electrons. The van der Waals surface area contributed by atoms with Crippen molar-refractivity contribution in [3.8, 4) is 11.9 Å². The highest BCUT2D eigenvalue weighted by Gasteiger charge is 2.06. The first-order valence-corrected chi connectivity index (χ1v) is 6.82. The number of hydrazine groups is 1. The first kappa shape index (κ1) is 17.9. The molecule has 7 nitrogen and oxygen atoms in total. The van der Waals surface area contributed by atoms with Gasteiger partial charge in [-0.15, -0.1) is 0 Å². The summed E-state index contributed by atoms with van der Waals surface area (Å²) < 4.78 is 5.66. The molecule has 1 amide bonds. The molecule has 0 unspecified atom stereocenters. The van der Waals surface area contributed by atoms with Crippen LogP contribution in [0.1, 0.15) is 16.8 Å². The van der Waals surface area contributed by atoms with Crippen LogP contribution in [0.2, 0.25) is 0 Å². The molecule has 0 atom stereocenters. The molecule has 0 aliphatic rings. The highest BCUT2D eigenvalue weighted by molar-refractivity contribution is 5.53. The summed E-state index contributed by atoms with van der Waals surface area (Å²) in [6.45, 7) is 2.46. The second-order valence-corrected chi connectivity index (χ2v) is 4.40. The fourth-order valence-electron chi connectivity index (χ4n) is 1.83. The number of nitrogens with two attached hydrogens (primary N) is 1. The smallest absolute Gasteiger partial charge is 0.221 e. The van der Waals surface area contributed by atoms with Gasteiger partial charge in [0.1, 0.15) is 18.4 Å². The standard InChI is InChI=1S/C15H15N3O.CH4N2O/c1-11-5-3-7-14(17-2)13(11)10-19-15-8-4-6-12(9-16)18-15;2-3-1-4/h3-8,17H,10H2,1-2H3;1H,2H2,(H,3,4). The lowest BCUT2D eigenvalue weighted by Gasteiger charge is -2.13. The van der Waals surface area contributed by atoms with Gasteiger partial charge in [0.2, 0.25) is 12.3 Å². The summed E-state index contributed by atoms with van der Waals surface area (Å²) in [6.07, 6.45) is 0.403. The van der Waals surface area contributed by atoms with Gasteiger partial charge in [-0.25, -0.2) is 10.8 Å². The van der Waals surface area contributed by atoms with Crippen molar-refractivity contribution in [1.82, 2.24) is 10.4 Å². The predicted octanol–water partition coefficient (Wildman–Crippen LogP) is 1.49. The average Bonchev–Trinajstić information content (AvgIpc) is 2.60. The lowest BCUT2D eigenvalue weighted by molar-refractivity contribution is -0.109. The summed E-state index contributed by atoms with van der Waals surface area (Å²) in [5, 5.41) is 11.9. The van der Waals surface area contributed by atoms with Gasteiger partial charge in [0.05, 0.1) is 0 Å². The molecular formula is C16H19N5O2. The number of ether oxygens (including phenoxy) is 1. The molecule has 0 spiro atoms. The van der Waals surface area contributed by atoms with Crippen molar-refractivity contribution in [3.05, 3.63) is 53.2 Å². The number of aryl methyl sites for hydroxylation is 1. The maximum atomic E-state index is 8.94. The van der Waals surface area contributed by atoms with E-state index in [-0.39, 0.29) is 0 Å². The van der Waals surface area contributed by atoms with E-state index in [9.17, 15) is 0 Å². The topological polar surface area (TPSA) is 113 Å². The second-order valence-electron chi connectivity index (χ2n) is 4.40. The molecule has 1 aromatic heterocycles. The van der Waals surface area contributed by atoms with Crippen LogP contribution >= 0.6 is 0 Å². The molecule has 0 fully saturated rings. The zero-order valence-electron chi connectivity index (χ0n) is 13.0. The van der Waals surface area contributed by atoms with Crippen molar-refractivity contribution in [1.29, 1.82) is 5.26 Å². The van der Waals surface area contributed by atoms with E-state index in [1.165, 1.54) is 0 Å². The van der Waals surface area contributed by atoms with E-state index >= 15 is 0 Å². The molecular weight excluding hydrogens is 294 g/mol. The van der Waals surface area contributed by atoms with E-state index in [1.54, 1.807) is 23.6 Å². The number of hydrogen-bond donors (Lipinski definition) is 3. The van der Waals surface area contributed by atoms with Crippen LogP contribution in [0.5, 0.6) is 5.88 Å². The van der Waals surface area contributed by atoms with Crippen molar-refractivity contribution in [3.63, 3.8) is 0 Å². The number of amides is 1. The number of pyridine rings is 1. The van der Waals surface area contributed by atoms with Crippen molar-refractivity contribution >= 4 is 12.1 Å². The molecule has 0 aliphatic heterocycles. The molecule has 4 N–H and O–H groups in total. The quantitative estimate of drug-likeness (QED) is 0.333. The van der Waals surface area contributed by atoms with Gasteiger partial charge in [0.25, 0.3) is 0 Å². The van der Waals surface area contributed by atoms with E-state index in [4.69, 9.17) is 14.8 Å². The van der Waals surface area contributed by atoms with Crippen LogP contribution in [-0.2, 0) is 11.4 Å². The van der Waals surface area contributed by atoms with Crippen LogP contribution < -0.4 is 21.3 Å². The van der Waals surface area contributed by atoms with Gasteiger partial charge in [-0.05, 0) is 24.6 Å². The Labute approximate surface area is 135 Å². The average molecular weight is 313 g/mol. The number of carbonyl (C=O) groups is 1. The fraction of sp³-hybridized carbons (Fsp3) is 0.188. The van der Waals surface area contributed by atoms with Gasteiger partial charge in [0.15, 0.2) is 0 Å². The number of nitrogens with one attached hydrogen (secondary N) is 2. The molecule has 0 saturated heterocycles. The van der Waals surface area contributed by atoms with Gasteiger partial charge in [-0.3, -0.25) is 10.2 Å². The monoisotopic (exact) mass is 313 g/mol. The maximum absolute atomic E-state index is 8.94. The Morgan fingerprint density at radius 1 is 1.35 bits per heavy atom. The van der Waals surface area contributed by atoms with Crippen molar-refractivity contribution < 1.29 is 9.53 Å². The molecule has 7 heteroatoms. The fourth-order valence-corrected chi connectivity index (χ4v) is 1.83. The first-order valence-electron chi connectivity index (χ1n) is 6.82. The lowest BCUT2D eigenvalue weighted by Crippen LogP contribution is -2.18. The number of nitriles is 1. The minimum absolute atomic E-state index is 0.358. The Bertz CT molecular complexity index is 682. The molecule has 2 aromatic rings. The minimum Gasteiger partial charge on any atom is -0.473 e. The van der Waals surface area contributed by atoms with E-state index in [1.807, 2.05) is 38.2 Å². The highest BCUT2D eigenvalue weighted by Crippen LogP contribution is 2.21. The molecule has 1 aromatic carbocycles. The second kappa shape index (κ2) is 9.76. The summed E-state index contributed by atoms with van der Waals surface area (Å²) in [5.74, 6) is 4.87. The Hall–Kier alpha value is -3.11. The van der Waals surface area contributed by atoms with Crippen LogP contribution in [0, 0.1) is 18.3 Å². The van der Waals surface area contributed by atoms with Gasteiger partial charge in [-0.2, -0.15) is 5.26 Å². The van der Waals surface area contributed by atoms with E-state index in [0.717, 1.165) is 16.8 Å². The number of benzene rings is 1. The van der Waals surface area contributed by atoms with Crippen LogP contribution in [0.4, 0.5) is 5.69 Å². The first-order chi connectivity index (χ1) is 11.2. The number of aromatic nitrogens is 1. The highest BCUT2D eigenvalue weighted by atomic mass is 16.5. The summed E-state index contributed by atoms with van der Waals surface area (Å²) in [5.41, 5.74) is 5.39. The van der Waals surface area contributed by atoms with Crippen LogP contribution in [0.25, 0.3) is 0 Å². The SMILES string of the molecule is CNc1cccc(C)c1COc1cccc(C#N)n1.NNC=O. The summed E-state index contributed by atoms with van der Waals surface area (Å²) in [6, 6.07) is 13.2. The van der Waals surface area contributed by atoms with Gasteiger partial charge in [-0.1, -0.05) is 18.2 Å². The van der Waals surface area contributed by atoms with Crippen molar-refractivity contribution in [2.24, 2.45) is 5.84 Å². The van der Waals surface area contributed by atoms with Crippen LogP contribution in [-0.4, -0.2) is 18.4 Å². The van der Waals surface area contributed by atoms with Gasteiger partial charge < -0.3 is 10.1 Å². The Kier molecular flexibility index (Phi) is 7.61. The van der Waals surface area contributed by atoms with Gasteiger partial charge >= 0.3 is 0 Å². The summed E-state index contributed by atoms with van der Waals surface area (Å²) in [7, 11) is 1.88. The maximum Gasteiger partial charge on any atom is 0.221 e. The largest absolute Gasteiger partial charge is 0.473 e. The molecule has 0 saturated carbocycles. The lowest BCUT2D eigenvalue weighted by atomic mass is 10.1. The van der Waals surface area contributed by atoms with E-state index in [0.29, 0.717) is 24.6 Å². The third-order valence-corrected chi connectivity index (χ3v) is 2.95. The number of carbonyl (C=O) groups excluding carboxylic acids is 1. The van der Waals surface area contributed by atoms with E-state index < -0.39 is 0 Å². The molecule has 1 heterocycles. The number of hydrogen-bond acceptors (Lipinski definition) is 6. The third-order valence-electron chi connectivity index (χ3n) is 2.95. The molecule has 23 heavy (non-hydrogen) atoms. The summed E-state index contributed by atoms with van der Waals surface area (Å²) in [4.78, 5) is 13.0. The number of nitrogens with zero attached hydrogens (tertiary/aromatic N) is 2. The predicted molar refractivity (Wildman–Crippen MR) is 87.4 cm³/mol. The normalized spacial score (nSPS) is 8.96. The van der Waals surface area contributed by atoms with Crippen LogP contribution in [0.15, 0.2) is 36.4 Å². The zero-order valence-corrected chi connectivity index (χ0v) is 13.0. The van der Waals surface area contributed by atoms with Gasteiger partial charge in [0, 0.05) is 24.4 Å². The Morgan fingerprint density at radius 2 is 2.04 bits per heavy atom. The van der Waals surface area contributed by atoms with Crippen molar-refractivity contribution in [2.75, 3.05) is 12.4 Å².